The van der Waals surface area contributed by atoms with Crippen LogP contribution in [0.5, 0.6) is 0 Å². The van der Waals surface area contributed by atoms with E-state index >= 15 is 4.39 Å². The Kier molecular flexibility index (Phi) is 14.5. The molecule has 9 unspecified atom stereocenters. The summed E-state index contributed by atoms with van der Waals surface area (Å²) in [6.45, 7) is 0.133. The first-order valence-corrected chi connectivity index (χ1v) is 16.4. The number of aliphatic hydroxyl groups excluding tert-OH is 5. The van der Waals surface area contributed by atoms with Crippen LogP contribution in [0, 0.1) is 5.41 Å². The summed E-state index contributed by atoms with van der Waals surface area (Å²) in [7, 11) is 0. The highest BCUT2D eigenvalue weighted by atomic mass is 19.1. The van der Waals surface area contributed by atoms with Crippen molar-refractivity contribution in [3.63, 3.8) is 0 Å². The third kappa shape index (κ3) is 9.46. The number of nitrogens with one attached hydrogen (secondary N) is 4. The van der Waals surface area contributed by atoms with Crippen molar-refractivity contribution >= 4 is 11.9 Å². The molecule has 4 rings (SSSR count). The van der Waals surface area contributed by atoms with Gasteiger partial charge in [0.25, 0.3) is 0 Å². The van der Waals surface area contributed by atoms with E-state index in [1.165, 1.54) is 0 Å². The van der Waals surface area contributed by atoms with Crippen LogP contribution in [-0.4, -0.2) is 168 Å². The maximum atomic E-state index is 16.6. The van der Waals surface area contributed by atoms with Crippen molar-refractivity contribution in [1.29, 1.82) is 5.41 Å². The number of carbonyl (C=O) groups excluding carboxylic acids is 1. The maximum absolute atomic E-state index is 16.6. The Bertz CT molecular complexity index is 1040. The molecule has 17 N–H and O–H groups in total. The number of guanidine groups is 1. The van der Waals surface area contributed by atoms with E-state index in [9.17, 15) is 30.3 Å². The molecule has 3 saturated heterocycles. The molecule has 1 amide bonds. The SMILES string of the molecule is N=C(NCC1CCCO1)NC1C(O)[C@@H](CO)OC(OC2C(F)[C@H](O[C@H]3OC(CN)[C@@H](O)CC3N)C(N)C[C@H]2NC(=O)[C@@H](O)CCN)[C@@H]1O. The topological polar surface area (TPSA) is 328 Å². The quantitative estimate of drug-likeness (QED) is 0.0629. The van der Waals surface area contributed by atoms with Crippen molar-refractivity contribution < 1.29 is 58.4 Å². The third-order valence-electron chi connectivity index (χ3n) is 9.18. The molecular weight excluding hydrogens is 643 g/mol. The number of hydrogen-bond donors (Lipinski definition) is 13. The van der Waals surface area contributed by atoms with Gasteiger partial charge >= 0.3 is 0 Å². The van der Waals surface area contributed by atoms with Crippen LogP contribution in [0.4, 0.5) is 4.39 Å². The first-order chi connectivity index (χ1) is 22.9. The number of halogens is 1. The number of nitrogens with two attached hydrogens (primary N) is 4. The summed E-state index contributed by atoms with van der Waals surface area (Å²) in [5.41, 5.74) is 23.6. The van der Waals surface area contributed by atoms with Gasteiger partial charge in [-0.3, -0.25) is 10.2 Å². The molecule has 0 spiro atoms. The second kappa shape index (κ2) is 17.9. The summed E-state index contributed by atoms with van der Waals surface area (Å²) in [6.07, 6.45) is -14.6. The summed E-state index contributed by atoms with van der Waals surface area (Å²) in [4.78, 5) is 12.8. The highest BCUT2D eigenvalue weighted by Gasteiger charge is 2.53. The van der Waals surface area contributed by atoms with E-state index in [1.807, 2.05) is 0 Å². The predicted molar refractivity (Wildman–Crippen MR) is 165 cm³/mol. The molecule has 48 heavy (non-hydrogen) atoms. The van der Waals surface area contributed by atoms with Crippen LogP contribution in [0.15, 0.2) is 0 Å². The molecule has 0 aromatic heterocycles. The fourth-order valence-corrected chi connectivity index (χ4v) is 6.43. The van der Waals surface area contributed by atoms with Gasteiger partial charge < -0.3 is 88.1 Å². The van der Waals surface area contributed by atoms with Crippen LogP contribution in [0.25, 0.3) is 0 Å². The van der Waals surface area contributed by atoms with Gasteiger partial charge in [-0.15, -0.1) is 0 Å². The molecule has 0 aromatic rings. The zero-order valence-electron chi connectivity index (χ0n) is 26.7. The lowest BCUT2D eigenvalue weighted by Crippen LogP contribution is -2.69. The van der Waals surface area contributed by atoms with E-state index in [1.54, 1.807) is 0 Å². The predicted octanol–water partition coefficient (Wildman–Crippen LogP) is -6.12. The lowest BCUT2D eigenvalue weighted by molar-refractivity contribution is -0.311. The highest BCUT2D eigenvalue weighted by Crippen LogP contribution is 2.33. The minimum Gasteiger partial charge on any atom is -0.394 e. The van der Waals surface area contributed by atoms with Gasteiger partial charge in [-0.05, 0) is 38.6 Å². The van der Waals surface area contributed by atoms with Gasteiger partial charge in [-0.25, -0.2) is 4.39 Å². The molecular formula is C28H53FN8O11. The average molecular weight is 697 g/mol. The van der Waals surface area contributed by atoms with Crippen LogP contribution in [0.1, 0.15) is 32.1 Å². The Morgan fingerprint density at radius 1 is 1.00 bits per heavy atom. The summed E-state index contributed by atoms with van der Waals surface area (Å²) < 4.78 is 45.4. The van der Waals surface area contributed by atoms with Crippen LogP contribution in [-0.2, 0) is 28.5 Å². The molecule has 278 valence electrons. The molecule has 4 aliphatic rings. The van der Waals surface area contributed by atoms with Gasteiger partial charge in [0.15, 0.2) is 24.7 Å². The first-order valence-electron chi connectivity index (χ1n) is 16.4. The van der Waals surface area contributed by atoms with E-state index in [4.69, 9.17) is 52.0 Å². The number of carbonyl (C=O) groups is 1. The average Bonchev–Trinajstić information content (AvgIpc) is 3.58. The fraction of sp³-hybridized carbons (Fsp3) is 0.929. The zero-order valence-corrected chi connectivity index (χ0v) is 26.7. The van der Waals surface area contributed by atoms with Gasteiger partial charge in [-0.2, -0.15) is 0 Å². The second-order valence-corrected chi connectivity index (χ2v) is 12.8. The van der Waals surface area contributed by atoms with Gasteiger partial charge in [0.1, 0.15) is 36.6 Å². The molecule has 16 atom stereocenters. The minimum atomic E-state index is -2.13. The number of rotatable bonds is 13. The molecule has 4 fully saturated rings. The normalized spacial score (nSPS) is 42.6. The number of alkyl halides is 1. The molecule has 1 saturated carbocycles. The van der Waals surface area contributed by atoms with Crippen molar-refractivity contribution in [2.45, 2.75) is 130 Å². The molecule has 0 bridgehead atoms. The summed E-state index contributed by atoms with van der Waals surface area (Å²) in [5.74, 6) is -1.12. The number of amides is 1. The van der Waals surface area contributed by atoms with Gasteiger partial charge in [0.2, 0.25) is 5.91 Å². The Morgan fingerprint density at radius 3 is 2.35 bits per heavy atom. The van der Waals surface area contributed by atoms with E-state index in [-0.39, 0.29) is 44.4 Å². The summed E-state index contributed by atoms with van der Waals surface area (Å²) >= 11 is 0. The smallest absolute Gasteiger partial charge is 0.249 e. The van der Waals surface area contributed by atoms with Gasteiger partial charge in [-0.1, -0.05) is 0 Å². The first kappa shape index (κ1) is 38.9. The lowest BCUT2D eigenvalue weighted by atomic mass is 9.84. The van der Waals surface area contributed by atoms with E-state index in [0.717, 1.165) is 12.8 Å². The highest BCUT2D eigenvalue weighted by molar-refractivity contribution is 5.80. The van der Waals surface area contributed by atoms with Gasteiger partial charge in [0.05, 0.1) is 43.0 Å². The van der Waals surface area contributed by atoms with Crippen LogP contribution in [0.3, 0.4) is 0 Å². The largest absolute Gasteiger partial charge is 0.394 e. The van der Waals surface area contributed by atoms with Crippen molar-refractivity contribution in [1.82, 2.24) is 16.0 Å². The molecule has 0 radical (unpaired) electrons. The van der Waals surface area contributed by atoms with E-state index in [0.29, 0.717) is 13.2 Å². The monoisotopic (exact) mass is 696 g/mol. The second-order valence-electron chi connectivity index (χ2n) is 12.8. The minimum absolute atomic E-state index is 0.000601. The van der Waals surface area contributed by atoms with Gasteiger partial charge in [0, 0.05) is 25.7 Å². The fourth-order valence-electron chi connectivity index (χ4n) is 6.43. The molecule has 19 nitrogen and oxygen atoms in total. The maximum Gasteiger partial charge on any atom is 0.249 e. The summed E-state index contributed by atoms with van der Waals surface area (Å²) in [6, 6.07) is -4.45. The Balaban J connectivity index is 1.53. The Morgan fingerprint density at radius 2 is 1.71 bits per heavy atom. The van der Waals surface area contributed by atoms with Crippen LogP contribution in [0.2, 0.25) is 0 Å². The van der Waals surface area contributed by atoms with Crippen LogP contribution >= 0.6 is 0 Å². The molecule has 3 heterocycles. The molecule has 0 aromatic carbocycles. The Labute approximate surface area is 277 Å². The van der Waals surface area contributed by atoms with Crippen molar-refractivity contribution in [3.8, 4) is 0 Å². The lowest BCUT2D eigenvalue weighted by Gasteiger charge is -2.48. The molecule has 3 aliphatic heterocycles. The standard InChI is InChI=1S/C28H53FN8O11/c29-19-23(47-26-13(33)7-16(40)17(8-31)45-26)12(32)6-14(36-25(43)15(39)3-4-30)24(19)48-27-22(42)20(21(41)18(10-38)46-27)37-28(34)35-9-11-2-1-5-44-11/h11-24,26-27,38-42H,1-10,30-33H2,(H,36,43)(H3,34,35,37)/t11?,12?,13?,14-,15+,16+,17?,18-,19?,20?,21?,22-,23-,24?,26-,27?/m1/s1. The number of aliphatic hydroxyl groups is 5. The summed E-state index contributed by atoms with van der Waals surface area (Å²) in [5, 5.41) is 68.9. The van der Waals surface area contributed by atoms with Crippen LogP contribution < -0.4 is 38.9 Å². The van der Waals surface area contributed by atoms with E-state index < -0.39 is 104 Å². The zero-order chi connectivity index (χ0) is 35.1. The van der Waals surface area contributed by atoms with Crippen molar-refractivity contribution in [2.75, 3.05) is 32.8 Å². The van der Waals surface area contributed by atoms with Crippen molar-refractivity contribution in [2.24, 2.45) is 22.9 Å². The molecule has 20 heteroatoms. The third-order valence-corrected chi connectivity index (χ3v) is 9.18. The van der Waals surface area contributed by atoms with Crippen molar-refractivity contribution in [3.05, 3.63) is 0 Å². The molecule has 1 aliphatic carbocycles. The number of hydrogen-bond acceptors (Lipinski definition) is 16. The van der Waals surface area contributed by atoms with E-state index in [2.05, 4.69) is 16.0 Å². The Hall–Kier alpha value is -1.89. The number of ether oxygens (including phenoxy) is 5.